The van der Waals surface area contributed by atoms with E-state index in [0.29, 0.717) is 0 Å². The van der Waals surface area contributed by atoms with Gasteiger partial charge < -0.3 is 4.57 Å². The van der Waals surface area contributed by atoms with Crippen molar-refractivity contribution in [3.05, 3.63) is 294 Å². The molecule has 2 aliphatic carbocycles. The Morgan fingerprint density at radius 3 is 1.14 bits per heavy atom. The lowest BCUT2D eigenvalue weighted by atomic mass is 9.83. The highest BCUT2D eigenvalue weighted by molar-refractivity contribution is 6.09. The molecule has 12 aromatic rings. The average Bonchev–Trinajstić information content (AvgIpc) is 4.07. The SMILES string of the molecule is c1ccc(-c2cc(-c3cc(-c4ccccc4)cc(C4c5ccccc5-c5cc(-c6cccc(-n7c8ccccc8c8ccccc87)c6)ccc54)c3)cc(C3c4ccccc4-c4ccccc43)c2)cc1. The van der Waals surface area contributed by atoms with Gasteiger partial charge in [-0.05, 0) is 143 Å². The second kappa shape index (κ2) is 15.9. The van der Waals surface area contributed by atoms with Crippen LogP contribution in [0.4, 0.5) is 0 Å². The van der Waals surface area contributed by atoms with Crippen LogP contribution >= 0.6 is 0 Å². The summed E-state index contributed by atoms with van der Waals surface area (Å²) in [6.45, 7) is 0. The molecule has 69 heavy (non-hydrogen) atoms. The predicted octanol–water partition coefficient (Wildman–Crippen LogP) is 17.8. The Labute approximate surface area is 402 Å². The van der Waals surface area contributed by atoms with Crippen molar-refractivity contribution < 1.29 is 0 Å². The molecule has 0 N–H and O–H groups in total. The van der Waals surface area contributed by atoms with E-state index in [1.165, 1.54) is 122 Å². The molecule has 14 rings (SSSR count). The zero-order chi connectivity index (χ0) is 45.4. The number of hydrogen-bond donors (Lipinski definition) is 0. The molecule has 1 heterocycles. The Morgan fingerprint density at radius 2 is 0.623 bits per heavy atom. The van der Waals surface area contributed by atoms with Crippen LogP contribution in [0.2, 0.25) is 0 Å². The number of benzene rings is 11. The molecule has 0 radical (unpaired) electrons. The first-order valence-corrected chi connectivity index (χ1v) is 24.1. The van der Waals surface area contributed by atoms with Gasteiger partial charge in [0.05, 0.1) is 11.0 Å². The second-order valence-corrected chi connectivity index (χ2v) is 18.8. The van der Waals surface area contributed by atoms with Gasteiger partial charge in [0.15, 0.2) is 0 Å². The summed E-state index contributed by atoms with van der Waals surface area (Å²) >= 11 is 0. The zero-order valence-electron chi connectivity index (χ0n) is 37.9. The van der Waals surface area contributed by atoms with Gasteiger partial charge in [-0.15, -0.1) is 0 Å². The van der Waals surface area contributed by atoms with Gasteiger partial charge >= 0.3 is 0 Å². The monoisotopic (exact) mass is 875 g/mol. The van der Waals surface area contributed by atoms with E-state index >= 15 is 0 Å². The Morgan fingerprint density at radius 1 is 0.232 bits per heavy atom. The van der Waals surface area contributed by atoms with Gasteiger partial charge in [0.1, 0.15) is 0 Å². The van der Waals surface area contributed by atoms with Crippen LogP contribution in [0.5, 0.6) is 0 Å². The minimum absolute atomic E-state index is 0.0574. The number of hydrogen-bond acceptors (Lipinski definition) is 0. The van der Waals surface area contributed by atoms with Crippen molar-refractivity contribution in [1.29, 1.82) is 0 Å². The summed E-state index contributed by atoms with van der Waals surface area (Å²) < 4.78 is 2.41. The van der Waals surface area contributed by atoms with Gasteiger partial charge in [0.25, 0.3) is 0 Å². The first kappa shape index (κ1) is 39.4. The minimum atomic E-state index is 0.0574. The summed E-state index contributed by atoms with van der Waals surface area (Å²) in [6, 6.07) is 97.3. The Bertz CT molecular complexity index is 3870. The van der Waals surface area contributed by atoms with Crippen LogP contribution in [0.3, 0.4) is 0 Å². The molecular formula is C68H45N. The molecule has 322 valence electrons. The summed E-state index contributed by atoms with van der Waals surface area (Å²) in [6.07, 6.45) is 0. The molecule has 1 atom stereocenters. The molecule has 1 heteroatoms. The number of nitrogens with zero attached hydrogens (tertiary/aromatic N) is 1. The van der Waals surface area contributed by atoms with E-state index < -0.39 is 0 Å². The van der Waals surface area contributed by atoms with Crippen LogP contribution in [0, 0.1) is 0 Å². The van der Waals surface area contributed by atoms with Crippen LogP contribution in [0.1, 0.15) is 45.2 Å². The van der Waals surface area contributed by atoms with Crippen molar-refractivity contribution in [1.82, 2.24) is 4.57 Å². The van der Waals surface area contributed by atoms with E-state index in [0.717, 1.165) is 5.69 Å². The standard InChI is InChI=1S/C68H45N/c1-3-18-44(19-4-1)48-36-50(40-52(38-48)67-60-29-10-7-24-55(60)56-25-8-11-30-61(56)67)51-37-49(45-20-5-2-6-21-45)39-53(41-51)68-62-31-12-9-26-57(62)64-43-47(34-35-63(64)68)46-22-17-23-54(42-46)69-65-32-15-13-27-58(65)59-28-14-16-33-66(59)69/h1-43,67-68H. The number of fused-ring (bicyclic) bond motifs is 9. The first-order chi connectivity index (χ1) is 34.2. The molecule has 2 aliphatic rings. The Hall–Kier alpha value is -8.78. The molecular weight excluding hydrogens is 831 g/mol. The molecule has 0 saturated carbocycles. The first-order valence-electron chi connectivity index (χ1n) is 24.1. The fraction of sp³-hybridized carbons (Fsp3) is 0.0294. The minimum Gasteiger partial charge on any atom is -0.309 e. The second-order valence-electron chi connectivity index (χ2n) is 18.8. The van der Waals surface area contributed by atoms with Crippen molar-refractivity contribution in [3.63, 3.8) is 0 Å². The average molecular weight is 876 g/mol. The summed E-state index contributed by atoms with van der Waals surface area (Å²) in [5.41, 5.74) is 26.6. The molecule has 1 unspecified atom stereocenters. The molecule has 0 amide bonds. The highest BCUT2D eigenvalue weighted by atomic mass is 15.0. The molecule has 0 saturated heterocycles. The van der Waals surface area contributed by atoms with Gasteiger partial charge in [0.2, 0.25) is 0 Å². The van der Waals surface area contributed by atoms with Crippen LogP contribution in [-0.4, -0.2) is 4.57 Å². The lowest BCUT2D eigenvalue weighted by Gasteiger charge is -2.21. The fourth-order valence-corrected chi connectivity index (χ4v) is 11.8. The number of rotatable bonds is 7. The van der Waals surface area contributed by atoms with Crippen molar-refractivity contribution in [3.8, 4) is 72.4 Å². The van der Waals surface area contributed by atoms with E-state index in [9.17, 15) is 0 Å². The molecule has 1 nitrogen and oxygen atoms in total. The predicted molar refractivity (Wildman–Crippen MR) is 288 cm³/mol. The van der Waals surface area contributed by atoms with Gasteiger partial charge in [-0.2, -0.15) is 0 Å². The smallest absolute Gasteiger partial charge is 0.0541 e. The lowest BCUT2D eigenvalue weighted by molar-refractivity contribution is 1.01. The molecule has 0 fully saturated rings. The van der Waals surface area contributed by atoms with Gasteiger partial charge in [-0.1, -0.05) is 218 Å². The summed E-state index contributed by atoms with van der Waals surface area (Å²) in [7, 11) is 0. The molecule has 11 aromatic carbocycles. The van der Waals surface area contributed by atoms with Gasteiger partial charge in [-0.3, -0.25) is 0 Å². The highest BCUT2D eigenvalue weighted by Gasteiger charge is 2.32. The van der Waals surface area contributed by atoms with Crippen molar-refractivity contribution in [2.45, 2.75) is 11.8 Å². The van der Waals surface area contributed by atoms with Crippen molar-refractivity contribution in [2.75, 3.05) is 0 Å². The maximum absolute atomic E-state index is 2.48. The maximum atomic E-state index is 2.48. The summed E-state index contributed by atoms with van der Waals surface area (Å²) in [5, 5.41) is 2.54. The van der Waals surface area contributed by atoms with E-state index in [2.05, 4.69) is 265 Å². The summed E-state index contributed by atoms with van der Waals surface area (Å²) in [5.74, 6) is 0.184. The number of aromatic nitrogens is 1. The Balaban J connectivity index is 0.927. The number of para-hydroxylation sites is 2. The molecule has 0 bridgehead atoms. The topological polar surface area (TPSA) is 4.93 Å². The molecule has 1 aromatic heterocycles. The van der Waals surface area contributed by atoms with E-state index in [1.807, 2.05) is 0 Å². The quantitative estimate of drug-likeness (QED) is 0.150. The lowest BCUT2D eigenvalue weighted by Crippen LogP contribution is -2.02. The molecule has 0 aliphatic heterocycles. The largest absolute Gasteiger partial charge is 0.309 e. The Kier molecular flexibility index (Phi) is 9.10. The van der Waals surface area contributed by atoms with Crippen LogP contribution in [0.15, 0.2) is 261 Å². The van der Waals surface area contributed by atoms with Gasteiger partial charge in [0, 0.05) is 28.3 Å². The maximum Gasteiger partial charge on any atom is 0.0541 e. The summed E-state index contributed by atoms with van der Waals surface area (Å²) in [4.78, 5) is 0. The molecule has 0 spiro atoms. The van der Waals surface area contributed by atoms with E-state index in [-0.39, 0.29) is 11.8 Å². The van der Waals surface area contributed by atoms with Crippen LogP contribution in [-0.2, 0) is 0 Å². The van der Waals surface area contributed by atoms with Crippen molar-refractivity contribution in [2.24, 2.45) is 0 Å². The fourth-order valence-electron chi connectivity index (χ4n) is 11.8. The normalized spacial score (nSPS) is 13.6. The van der Waals surface area contributed by atoms with Crippen LogP contribution in [0.25, 0.3) is 94.3 Å². The third-order valence-corrected chi connectivity index (χ3v) is 14.9. The van der Waals surface area contributed by atoms with Crippen LogP contribution < -0.4 is 0 Å². The van der Waals surface area contributed by atoms with E-state index in [1.54, 1.807) is 0 Å². The zero-order valence-corrected chi connectivity index (χ0v) is 37.9. The van der Waals surface area contributed by atoms with Crippen molar-refractivity contribution >= 4 is 21.8 Å². The van der Waals surface area contributed by atoms with Gasteiger partial charge in [-0.25, -0.2) is 0 Å². The van der Waals surface area contributed by atoms with E-state index in [4.69, 9.17) is 0 Å². The highest BCUT2D eigenvalue weighted by Crippen LogP contribution is 2.52. The third kappa shape index (κ3) is 6.46. The third-order valence-electron chi connectivity index (χ3n) is 14.9.